The first-order valence-electron chi connectivity index (χ1n) is 5.99. The Hall–Kier alpha value is -1.01. The third-order valence-electron chi connectivity index (χ3n) is 2.44. The molecule has 0 heterocycles. The van der Waals surface area contributed by atoms with E-state index in [0.717, 1.165) is 5.69 Å². The van der Waals surface area contributed by atoms with Gasteiger partial charge in [0.15, 0.2) is 0 Å². The van der Waals surface area contributed by atoms with Gasteiger partial charge >= 0.3 is 0 Å². The molecule has 0 aromatic heterocycles. The summed E-state index contributed by atoms with van der Waals surface area (Å²) >= 11 is 6.03. The molecule has 19 heavy (non-hydrogen) atoms. The van der Waals surface area contributed by atoms with E-state index in [1.807, 2.05) is 0 Å². The summed E-state index contributed by atoms with van der Waals surface area (Å²) in [5, 5.41) is 13.4. The van der Waals surface area contributed by atoms with Crippen LogP contribution >= 0.6 is 11.6 Å². The zero-order valence-corrected chi connectivity index (χ0v) is 11.9. The van der Waals surface area contributed by atoms with E-state index in [9.17, 15) is 5.11 Å². The molecule has 108 valence electrons. The average molecular weight is 290 g/mol. The number of halogens is 1. The van der Waals surface area contributed by atoms with Gasteiger partial charge in [-0.3, -0.25) is 0 Å². The van der Waals surface area contributed by atoms with E-state index in [0.29, 0.717) is 30.5 Å². The Balaban J connectivity index is 2.34. The Morgan fingerprint density at radius 3 is 2.79 bits per heavy atom. The molecule has 0 spiro atoms. The van der Waals surface area contributed by atoms with Crippen molar-refractivity contribution in [3.05, 3.63) is 23.2 Å². The van der Waals surface area contributed by atoms with Crippen LogP contribution < -0.4 is 10.1 Å². The number of methoxy groups -OCH3 is 2. The van der Waals surface area contributed by atoms with E-state index in [-0.39, 0.29) is 6.61 Å². The predicted octanol–water partition coefficient (Wildman–Crippen LogP) is 1.78. The number of benzene rings is 1. The zero-order chi connectivity index (χ0) is 14.1. The molecule has 1 atom stereocenters. The lowest BCUT2D eigenvalue weighted by Crippen LogP contribution is -2.25. The molecule has 0 aliphatic heterocycles. The number of rotatable bonds is 9. The smallest absolute Gasteiger partial charge is 0.121 e. The highest BCUT2D eigenvalue weighted by Gasteiger charge is 2.07. The molecule has 1 unspecified atom stereocenters. The van der Waals surface area contributed by atoms with Crippen LogP contribution in [0.25, 0.3) is 0 Å². The van der Waals surface area contributed by atoms with Gasteiger partial charge in [-0.05, 0) is 12.1 Å². The molecule has 6 heteroatoms. The lowest BCUT2D eigenvalue weighted by atomic mass is 10.3. The molecule has 0 saturated carbocycles. The Bertz CT molecular complexity index is 376. The lowest BCUT2D eigenvalue weighted by molar-refractivity contribution is 0.0182. The van der Waals surface area contributed by atoms with Crippen molar-refractivity contribution in [2.24, 2.45) is 0 Å². The number of nitrogens with one attached hydrogen (secondary N) is 1. The molecule has 0 bridgehead atoms. The highest BCUT2D eigenvalue weighted by Crippen LogP contribution is 2.26. The number of hydrogen-bond donors (Lipinski definition) is 2. The van der Waals surface area contributed by atoms with Gasteiger partial charge in [0.05, 0.1) is 43.7 Å². The van der Waals surface area contributed by atoms with Crippen LogP contribution in [0.4, 0.5) is 5.69 Å². The van der Waals surface area contributed by atoms with Gasteiger partial charge in [0.2, 0.25) is 0 Å². The molecular weight excluding hydrogens is 270 g/mol. The molecule has 1 rings (SSSR count). The third kappa shape index (κ3) is 6.11. The molecule has 0 aliphatic rings. The molecule has 0 amide bonds. The van der Waals surface area contributed by atoms with Gasteiger partial charge in [-0.1, -0.05) is 11.6 Å². The maximum atomic E-state index is 9.72. The molecule has 1 aromatic carbocycles. The van der Waals surface area contributed by atoms with E-state index >= 15 is 0 Å². The fourth-order valence-electron chi connectivity index (χ4n) is 1.42. The van der Waals surface area contributed by atoms with Crippen molar-refractivity contribution in [2.75, 3.05) is 45.9 Å². The minimum absolute atomic E-state index is 0.248. The first-order chi connectivity index (χ1) is 9.17. The Labute approximate surface area is 118 Å². The van der Waals surface area contributed by atoms with Crippen LogP contribution in [0.15, 0.2) is 18.2 Å². The summed E-state index contributed by atoms with van der Waals surface area (Å²) in [5.74, 6) is 0.706. The topological polar surface area (TPSA) is 60.0 Å². The van der Waals surface area contributed by atoms with E-state index in [1.165, 1.54) is 0 Å². The van der Waals surface area contributed by atoms with Crippen molar-refractivity contribution in [1.82, 2.24) is 0 Å². The van der Waals surface area contributed by atoms with Crippen LogP contribution in [0.1, 0.15) is 0 Å². The molecule has 2 N–H and O–H groups in total. The van der Waals surface area contributed by atoms with Crippen molar-refractivity contribution < 1.29 is 19.3 Å². The van der Waals surface area contributed by atoms with Gasteiger partial charge in [0, 0.05) is 19.7 Å². The standard InChI is InChI=1S/C13H20ClNO4/c1-17-5-6-19-9-10(16)8-15-13-7-11(18-2)3-4-12(13)14/h3-4,7,10,15-16H,5-6,8-9H2,1-2H3. The number of anilines is 1. The van der Waals surface area contributed by atoms with Crippen molar-refractivity contribution in [2.45, 2.75) is 6.10 Å². The summed E-state index contributed by atoms with van der Waals surface area (Å²) < 4.78 is 15.2. The molecule has 0 fully saturated rings. The van der Waals surface area contributed by atoms with Gasteiger partial charge < -0.3 is 24.6 Å². The van der Waals surface area contributed by atoms with Crippen LogP contribution in [0.5, 0.6) is 5.75 Å². The summed E-state index contributed by atoms with van der Waals surface area (Å²) in [6.45, 7) is 1.58. The molecular formula is C13H20ClNO4. The number of ether oxygens (including phenoxy) is 3. The minimum Gasteiger partial charge on any atom is -0.497 e. The summed E-state index contributed by atoms with van der Waals surface area (Å²) in [6.07, 6.45) is -0.612. The third-order valence-corrected chi connectivity index (χ3v) is 2.77. The Morgan fingerprint density at radius 1 is 1.32 bits per heavy atom. The molecule has 1 aromatic rings. The van der Waals surface area contributed by atoms with Gasteiger partial charge in [-0.15, -0.1) is 0 Å². The summed E-state index contributed by atoms with van der Waals surface area (Å²) in [7, 11) is 3.19. The van der Waals surface area contributed by atoms with Crippen LogP contribution in [-0.4, -0.2) is 51.8 Å². The van der Waals surface area contributed by atoms with E-state index in [4.69, 9.17) is 25.8 Å². The fourth-order valence-corrected chi connectivity index (χ4v) is 1.60. The van der Waals surface area contributed by atoms with Crippen LogP contribution in [0, 0.1) is 0 Å². The monoisotopic (exact) mass is 289 g/mol. The minimum atomic E-state index is -0.612. The summed E-state index contributed by atoms with van der Waals surface area (Å²) in [5.41, 5.74) is 0.719. The number of aliphatic hydroxyl groups is 1. The van der Waals surface area contributed by atoms with Gasteiger partial charge in [0.1, 0.15) is 5.75 Å². The quantitative estimate of drug-likeness (QED) is 0.679. The van der Waals surface area contributed by atoms with Crippen molar-refractivity contribution >= 4 is 17.3 Å². The van der Waals surface area contributed by atoms with E-state index in [1.54, 1.807) is 32.4 Å². The fraction of sp³-hybridized carbons (Fsp3) is 0.538. The SMILES string of the molecule is COCCOCC(O)CNc1cc(OC)ccc1Cl. The number of hydrogen-bond acceptors (Lipinski definition) is 5. The van der Waals surface area contributed by atoms with Crippen LogP contribution in [-0.2, 0) is 9.47 Å². The summed E-state index contributed by atoms with van der Waals surface area (Å²) in [4.78, 5) is 0. The molecule has 0 aliphatic carbocycles. The Kier molecular flexibility index (Phi) is 7.59. The van der Waals surface area contributed by atoms with Crippen LogP contribution in [0.3, 0.4) is 0 Å². The van der Waals surface area contributed by atoms with Crippen LogP contribution in [0.2, 0.25) is 5.02 Å². The zero-order valence-electron chi connectivity index (χ0n) is 11.2. The Morgan fingerprint density at radius 2 is 2.11 bits per heavy atom. The second-order valence-corrected chi connectivity index (χ2v) is 4.36. The van der Waals surface area contributed by atoms with E-state index < -0.39 is 6.10 Å². The molecule has 0 saturated heterocycles. The summed E-state index contributed by atoms with van der Waals surface area (Å²) in [6, 6.07) is 5.29. The van der Waals surface area contributed by atoms with Gasteiger partial charge in [-0.2, -0.15) is 0 Å². The van der Waals surface area contributed by atoms with Crippen molar-refractivity contribution in [1.29, 1.82) is 0 Å². The maximum absolute atomic E-state index is 9.72. The van der Waals surface area contributed by atoms with Crippen molar-refractivity contribution in [3.8, 4) is 5.75 Å². The second-order valence-electron chi connectivity index (χ2n) is 3.95. The first kappa shape index (κ1) is 16.0. The van der Waals surface area contributed by atoms with E-state index in [2.05, 4.69) is 5.32 Å². The molecule has 5 nitrogen and oxygen atoms in total. The lowest BCUT2D eigenvalue weighted by Gasteiger charge is -2.14. The van der Waals surface area contributed by atoms with Gasteiger partial charge in [-0.25, -0.2) is 0 Å². The molecule has 0 radical (unpaired) electrons. The maximum Gasteiger partial charge on any atom is 0.121 e. The highest BCUT2D eigenvalue weighted by molar-refractivity contribution is 6.33. The van der Waals surface area contributed by atoms with Gasteiger partial charge in [0.25, 0.3) is 0 Å². The van der Waals surface area contributed by atoms with Crippen molar-refractivity contribution in [3.63, 3.8) is 0 Å². The highest BCUT2D eigenvalue weighted by atomic mass is 35.5. The largest absolute Gasteiger partial charge is 0.497 e. The predicted molar refractivity (Wildman–Crippen MR) is 75.2 cm³/mol. The first-order valence-corrected chi connectivity index (χ1v) is 6.37. The normalized spacial score (nSPS) is 12.2. The average Bonchev–Trinajstić information content (AvgIpc) is 2.43. The second kappa shape index (κ2) is 8.98. The number of aliphatic hydroxyl groups excluding tert-OH is 1.